The number of aromatic nitrogens is 1. The minimum Gasteiger partial charge on any atom is -0.454 e. The van der Waals surface area contributed by atoms with E-state index in [-0.39, 0.29) is 53.4 Å². The van der Waals surface area contributed by atoms with E-state index in [0.29, 0.717) is 12.2 Å². The van der Waals surface area contributed by atoms with Crippen molar-refractivity contribution < 1.29 is 23.8 Å². The summed E-state index contributed by atoms with van der Waals surface area (Å²) in [5.41, 5.74) is 1.18. The fourth-order valence-electron chi connectivity index (χ4n) is 3.92. The van der Waals surface area contributed by atoms with Crippen LogP contribution in [-0.2, 0) is 11.2 Å². The van der Waals surface area contributed by atoms with Crippen LogP contribution in [0, 0.1) is 5.82 Å². The number of likely N-dealkylation sites (tertiary alicyclic amines) is 1. The van der Waals surface area contributed by atoms with Gasteiger partial charge in [-0.05, 0) is 48.8 Å². The quantitative estimate of drug-likeness (QED) is 0.345. The maximum Gasteiger partial charge on any atom is 0.323 e. The smallest absolute Gasteiger partial charge is 0.323 e. The van der Waals surface area contributed by atoms with Crippen LogP contribution in [0.1, 0.15) is 18.4 Å². The first-order valence-electron chi connectivity index (χ1n) is 11.7. The minimum atomic E-state index is -0.659. The molecule has 4 N–H and O–H groups in total. The van der Waals surface area contributed by atoms with Crippen LogP contribution in [0.25, 0.3) is 0 Å². The molecule has 1 fully saturated rings. The van der Waals surface area contributed by atoms with Crippen LogP contribution in [0.3, 0.4) is 0 Å². The number of hydrogen-bond acceptors (Lipinski definition) is 6. The summed E-state index contributed by atoms with van der Waals surface area (Å²) in [5.74, 6) is -0.488. The van der Waals surface area contributed by atoms with Crippen LogP contribution in [0.5, 0.6) is 11.5 Å². The van der Waals surface area contributed by atoms with Gasteiger partial charge in [0.05, 0.1) is 19.1 Å². The van der Waals surface area contributed by atoms with E-state index in [0.717, 1.165) is 18.4 Å². The Morgan fingerprint density at radius 3 is 2.70 bits per heavy atom. The number of pyridine rings is 1. The van der Waals surface area contributed by atoms with E-state index in [1.807, 2.05) is 30.3 Å². The van der Waals surface area contributed by atoms with E-state index in [4.69, 9.17) is 17.0 Å². The van der Waals surface area contributed by atoms with Crippen molar-refractivity contribution in [1.82, 2.24) is 15.2 Å². The standard InChI is InChI=1S/C26H26FN5O4S/c27-21-14-18(29-25(37)31-24(34)13-17-5-2-1-3-6-17)8-9-22(21)36-20-10-11-28-23(15-20)30-26(35)32-12-4-7-19(32)16-33/h1-3,5-6,8-11,14-15,19,33H,4,7,12-13,16H2,(H,28,30,35)(H2,29,31,34,37)/t19-/m1/s1. The number of urea groups is 1. The summed E-state index contributed by atoms with van der Waals surface area (Å²) in [7, 11) is 0. The minimum absolute atomic E-state index is 0.0463. The first kappa shape index (κ1) is 26.0. The first-order chi connectivity index (χ1) is 17.9. The zero-order chi connectivity index (χ0) is 26.2. The van der Waals surface area contributed by atoms with Crippen LogP contribution >= 0.6 is 12.2 Å². The van der Waals surface area contributed by atoms with Crippen molar-refractivity contribution in [3.63, 3.8) is 0 Å². The summed E-state index contributed by atoms with van der Waals surface area (Å²) < 4.78 is 20.4. The van der Waals surface area contributed by atoms with Crippen molar-refractivity contribution in [2.75, 3.05) is 23.8 Å². The van der Waals surface area contributed by atoms with Crippen LogP contribution in [0.15, 0.2) is 66.9 Å². The summed E-state index contributed by atoms with van der Waals surface area (Å²) in [6.45, 7) is 0.456. The molecule has 0 saturated carbocycles. The van der Waals surface area contributed by atoms with E-state index in [1.165, 1.54) is 30.5 Å². The molecule has 4 rings (SSSR count). The van der Waals surface area contributed by atoms with Crippen molar-refractivity contribution in [3.05, 3.63) is 78.2 Å². The molecule has 1 aromatic heterocycles. The third-order valence-corrected chi connectivity index (χ3v) is 5.90. The van der Waals surface area contributed by atoms with Gasteiger partial charge in [-0.3, -0.25) is 10.1 Å². The predicted molar refractivity (Wildman–Crippen MR) is 141 cm³/mol. The monoisotopic (exact) mass is 523 g/mol. The molecule has 9 nitrogen and oxygen atoms in total. The Labute approximate surface area is 218 Å². The fraction of sp³-hybridized carbons (Fsp3) is 0.231. The molecule has 3 amide bonds. The van der Waals surface area contributed by atoms with E-state index in [1.54, 1.807) is 11.0 Å². The van der Waals surface area contributed by atoms with E-state index in [9.17, 15) is 19.1 Å². The number of carbonyl (C=O) groups is 2. The van der Waals surface area contributed by atoms with E-state index in [2.05, 4.69) is 20.9 Å². The summed E-state index contributed by atoms with van der Waals surface area (Å²) >= 11 is 5.16. The van der Waals surface area contributed by atoms with E-state index >= 15 is 0 Å². The van der Waals surface area contributed by atoms with Crippen molar-refractivity contribution in [3.8, 4) is 11.5 Å². The molecule has 2 aromatic carbocycles. The lowest BCUT2D eigenvalue weighted by atomic mass is 10.1. The predicted octanol–water partition coefficient (Wildman–Crippen LogP) is 4.06. The Hall–Kier alpha value is -4.09. The van der Waals surface area contributed by atoms with Gasteiger partial charge in [0.25, 0.3) is 0 Å². The fourth-order valence-corrected chi connectivity index (χ4v) is 4.15. The second-order valence-electron chi connectivity index (χ2n) is 8.39. The molecule has 0 unspecified atom stereocenters. The normalized spacial score (nSPS) is 14.6. The number of amides is 3. The number of thiocarbonyl (C=S) groups is 1. The Kier molecular flexibility index (Phi) is 8.60. The molecule has 0 bridgehead atoms. The molecule has 3 aromatic rings. The number of aliphatic hydroxyl groups excluding tert-OH is 1. The number of nitrogens with one attached hydrogen (secondary N) is 3. The Morgan fingerprint density at radius 1 is 1.14 bits per heavy atom. The maximum atomic E-state index is 14.7. The lowest BCUT2D eigenvalue weighted by Gasteiger charge is -2.23. The van der Waals surface area contributed by atoms with Crippen molar-refractivity contribution in [2.45, 2.75) is 25.3 Å². The van der Waals surface area contributed by atoms with Crippen molar-refractivity contribution >= 4 is 40.8 Å². The van der Waals surface area contributed by atoms with Gasteiger partial charge < -0.3 is 25.4 Å². The van der Waals surface area contributed by atoms with Gasteiger partial charge in [-0.1, -0.05) is 30.3 Å². The molecule has 2 heterocycles. The van der Waals surface area contributed by atoms with Crippen LogP contribution < -0.4 is 20.7 Å². The molecule has 0 aliphatic carbocycles. The molecule has 1 aliphatic heterocycles. The molecular weight excluding hydrogens is 497 g/mol. The summed E-state index contributed by atoms with van der Waals surface area (Å²) in [6, 6.07) is 15.8. The zero-order valence-corrected chi connectivity index (χ0v) is 20.6. The van der Waals surface area contributed by atoms with Gasteiger partial charge in [-0.25, -0.2) is 14.2 Å². The van der Waals surface area contributed by atoms with Gasteiger partial charge in [-0.2, -0.15) is 0 Å². The number of hydrogen-bond donors (Lipinski definition) is 4. The lowest BCUT2D eigenvalue weighted by Crippen LogP contribution is -2.40. The zero-order valence-electron chi connectivity index (χ0n) is 19.8. The third kappa shape index (κ3) is 7.21. The highest BCUT2D eigenvalue weighted by Gasteiger charge is 2.28. The van der Waals surface area contributed by atoms with Gasteiger partial charge in [0.2, 0.25) is 5.91 Å². The molecule has 37 heavy (non-hydrogen) atoms. The SMILES string of the molecule is O=C(Cc1ccccc1)NC(=S)Nc1ccc(Oc2ccnc(NC(=O)N3CCC[C@@H]3CO)c2)c(F)c1. The third-order valence-electron chi connectivity index (χ3n) is 5.69. The number of aliphatic hydroxyl groups is 1. The van der Waals surface area contributed by atoms with Crippen LogP contribution in [0.2, 0.25) is 0 Å². The molecule has 0 spiro atoms. The van der Waals surface area contributed by atoms with Crippen LogP contribution in [0.4, 0.5) is 20.7 Å². The van der Waals surface area contributed by atoms with E-state index < -0.39 is 5.82 Å². The number of halogens is 1. The average molecular weight is 524 g/mol. The average Bonchev–Trinajstić information content (AvgIpc) is 3.36. The molecule has 1 atom stereocenters. The molecular formula is C26H26FN5O4S. The summed E-state index contributed by atoms with van der Waals surface area (Å²) in [4.78, 5) is 30.3. The summed E-state index contributed by atoms with van der Waals surface area (Å²) in [5, 5.41) is 17.5. The largest absolute Gasteiger partial charge is 0.454 e. The molecule has 11 heteroatoms. The van der Waals surface area contributed by atoms with Gasteiger partial charge in [0, 0.05) is 30.6 Å². The van der Waals surface area contributed by atoms with Crippen LogP contribution in [-0.4, -0.2) is 51.2 Å². The van der Waals surface area contributed by atoms with Gasteiger partial charge in [0.1, 0.15) is 11.6 Å². The Morgan fingerprint density at radius 2 is 1.95 bits per heavy atom. The lowest BCUT2D eigenvalue weighted by molar-refractivity contribution is -0.119. The molecule has 0 radical (unpaired) electrons. The highest BCUT2D eigenvalue weighted by atomic mass is 32.1. The number of rotatable bonds is 7. The topological polar surface area (TPSA) is 116 Å². The maximum absolute atomic E-state index is 14.7. The Balaban J connectivity index is 1.32. The van der Waals surface area contributed by atoms with Gasteiger partial charge in [0.15, 0.2) is 16.7 Å². The molecule has 1 aliphatic rings. The highest BCUT2D eigenvalue weighted by Crippen LogP contribution is 2.28. The Bertz CT molecular complexity index is 1280. The number of ether oxygens (including phenoxy) is 1. The second-order valence-corrected chi connectivity index (χ2v) is 8.80. The molecule has 192 valence electrons. The second kappa shape index (κ2) is 12.2. The van der Waals surface area contributed by atoms with Gasteiger partial charge >= 0.3 is 6.03 Å². The number of carbonyl (C=O) groups excluding carboxylic acids is 2. The number of anilines is 2. The van der Waals surface area contributed by atoms with Gasteiger partial charge in [-0.15, -0.1) is 0 Å². The highest BCUT2D eigenvalue weighted by molar-refractivity contribution is 7.80. The number of nitrogens with zero attached hydrogens (tertiary/aromatic N) is 2. The number of benzene rings is 2. The first-order valence-corrected chi connectivity index (χ1v) is 12.1. The van der Waals surface area contributed by atoms with Crippen molar-refractivity contribution in [2.24, 2.45) is 0 Å². The summed E-state index contributed by atoms with van der Waals surface area (Å²) in [6.07, 6.45) is 3.17. The van der Waals surface area contributed by atoms with Crippen molar-refractivity contribution in [1.29, 1.82) is 0 Å². The molecule has 1 saturated heterocycles.